The first kappa shape index (κ1) is 21.3. The number of benzene rings is 1. The molecule has 8 heteroatoms. The zero-order chi connectivity index (χ0) is 18.7. The fourth-order valence-corrected chi connectivity index (χ4v) is 3.79. The quantitative estimate of drug-likeness (QED) is 0.270. The van der Waals surface area contributed by atoms with Crippen LogP contribution in [0.3, 0.4) is 0 Å². The summed E-state index contributed by atoms with van der Waals surface area (Å²) in [5.74, 6) is -1.11. The lowest BCUT2D eigenvalue weighted by atomic mass is 10.1. The molecule has 1 aromatic rings. The van der Waals surface area contributed by atoms with Crippen molar-refractivity contribution in [3.63, 3.8) is 0 Å². The molecule has 7 nitrogen and oxygen atoms in total. The number of unbranched alkanes of at least 4 members (excludes halogenated alkanes) is 3. The molecule has 0 fully saturated rings. The second-order valence-corrected chi connectivity index (χ2v) is 7.43. The van der Waals surface area contributed by atoms with E-state index in [0.29, 0.717) is 17.7 Å². The zero-order valence-corrected chi connectivity index (χ0v) is 15.2. The van der Waals surface area contributed by atoms with E-state index in [1.807, 2.05) is 0 Å². The Morgan fingerprint density at radius 2 is 1.76 bits per heavy atom. The predicted molar refractivity (Wildman–Crippen MR) is 93.6 cm³/mol. The molecule has 4 N–H and O–H groups in total. The van der Waals surface area contributed by atoms with E-state index >= 15 is 0 Å². The highest BCUT2D eigenvalue weighted by Gasteiger charge is 2.25. The first-order chi connectivity index (χ1) is 12.0. The second-order valence-electron chi connectivity index (χ2n) is 5.79. The number of hydrogen-bond acceptors (Lipinski definition) is 5. The van der Waals surface area contributed by atoms with Gasteiger partial charge in [0.2, 0.25) is 5.91 Å². The van der Waals surface area contributed by atoms with E-state index in [-0.39, 0.29) is 6.42 Å². The van der Waals surface area contributed by atoms with E-state index in [1.165, 1.54) is 0 Å². The molecule has 0 aliphatic rings. The zero-order valence-electron chi connectivity index (χ0n) is 14.4. The van der Waals surface area contributed by atoms with Crippen molar-refractivity contribution < 1.29 is 24.2 Å². The van der Waals surface area contributed by atoms with Crippen molar-refractivity contribution in [1.82, 2.24) is 11.0 Å². The normalized spacial score (nSPS) is 13.1. The molecule has 0 saturated carbocycles. The highest BCUT2D eigenvalue weighted by Crippen LogP contribution is 2.18. The first-order valence-corrected chi connectivity index (χ1v) is 9.61. The van der Waals surface area contributed by atoms with Gasteiger partial charge in [-0.05, 0) is 30.5 Å². The van der Waals surface area contributed by atoms with Gasteiger partial charge in [0.15, 0.2) is 0 Å². The van der Waals surface area contributed by atoms with Crippen LogP contribution in [0, 0.1) is 0 Å². The molecular formula is C17H26N2O5S. The van der Waals surface area contributed by atoms with E-state index in [4.69, 9.17) is 10.4 Å². The molecular weight excluding hydrogens is 344 g/mol. The molecule has 1 aromatic carbocycles. The largest absolute Gasteiger partial charge is 0.289 e. The van der Waals surface area contributed by atoms with E-state index < -0.39 is 27.9 Å². The molecule has 2 unspecified atom stereocenters. The molecule has 0 heterocycles. The smallest absolute Gasteiger partial charge is 0.259 e. The maximum absolute atomic E-state index is 12.7. The molecule has 0 bridgehead atoms. The number of amides is 2. The number of carbonyl (C=O) groups excluding carboxylic acids is 2. The molecule has 2 amide bonds. The Hall–Kier alpha value is -1.77. The molecule has 0 aliphatic carbocycles. The number of nitrogens with one attached hydrogen (secondary N) is 2. The van der Waals surface area contributed by atoms with Gasteiger partial charge in [-0.25, -0.2) is 11.0 Å². The van der Waals surface area contributed by atoms with Gasteiger partial charge < -0.3 is 0 Å². The van der Waals surface area contributed by atoms with Gasteiger partial charge in [0.25, 0.3) is 5.91 Å². The Bertz CT molecular complexity index is 577. The van der Waals surface area contributed by atoms with E-state index in [2.05, 4.69) is 6.92 Å². The van der Waals surface area contributed by atoms with Crippen molar-refractivity contribution >= 4 is 22.6 Å². The maximum atomic E-state index is 12.7. The summed E-state index contributed by atoms with van der Waals surface area (Å²) in [6, 6.07) is 6.80. The van der Waals surface area contributed by atoms with Crippen LogP contribution in [0.5, 0.6) is 0 Å². The Morgan fingerprint density at radius 1 is 1.08 bits per heavy atom. The molecule has 25 heavy (non-hydrogen) atoms. The maximum Gasteiger partial charge on any atom is 0.259 e. The van der Waals surface area contributed by atoms with Crippen LogP contribution >= 0.6 is 0 Å². The monoisotopic (exact) mass is 370 g/mol. The van der Waals surface area contributed by atoms with E-state index in [1.54, 1.807) is 35.2 Å². The third kappa shape index (κ3) is 7.33. The molecule has 0 aromatic heterocycles. The van der Waals surface area contributed by atoms with Gasteiger partial charge in [-0.1, -0.05) is 44.7 Å². The van der Waals surface area contributed by atoms with Crippen LogP contribution in [0.4, 0.5) is 0 Å². The summed E-state index contributed by atoms with van der Waals surface area (Å²) in [4.78, 5) is 23.4. The van der Waals surface area contributed by atoms with Crippen LogP contribution in [-0.4, -0.2) is 31.7 Å². The number of carbonyl (C=O) groups is 2. The predicted octanol–water partition coefficient (Wildman–Crippen LogP) is 2.08. The van der Waals surface area contributed by atoms with Crippen molar-refractivity contribution in [1.29, 1.82) is 0 Å². The van der Waals surface area contributed by atoms with Crippen molar-refractivity contribution in [3.8, 4) is 0 Å². The number of hydroxylamine groups is 2. The molecule has 0 radical (unpaired) electrons. The minimum absolute atomic E-state index is 0.145. The van der Waals surface area contributed by atoms with Crippen LogP contribution < -0.4 is 11.0 Å². The Labute approximate surface area is 150 Å². The summed E-state index contributed by atoms with van der Waals surface area (Å²) in [6.45, 7) is 2.09. The molecule has 2 atom stereocenters. The van der Waals surface area contributed by atoms with Gasteiger partial charge in [-0.15, -0.1) is 0 Å². The lowest BCUT2D eigenvalue weighted by Gasteiger charge is -2.15. The van der Waals surface area contributed by atoms with Gasteiger partial charge in [0.05, 0.1) is 10.8 Å². The number of aryl methyl sites for hydroxylation is 1. The Kier molecular flexibility index (Phi) is 9.98. The fraction of sp³-hybridized carbons (Fsp3) is 0.529. The number of hydrogen-bond donors (Lipinski definition) is 4. The van der Waals surface area contributed by atoms with Crippen LogP contribution in [0.15, 0.2) is 29.2 Å². The SMILES string of the molecule is CCCCCCC(C(=O)NO)S(=O)c1ccc(CCC(=O)NO)cc1. The Balaban J connectivity index is 2.72. The molecule has 0 spiro atoms. The summed E-state index contributed by atoms with van der Waals surface area (Å²) < 4.78 is 12.7. The molecule has 140 valence electrons. The average molecular weight is 370 g/mol. The van der Waals surface area contributed by atoms with Gasteiger partial charge in [-0.3, -0.25) is 24.2 Å². The van der Waals surface area contributed by atoms with Crippen molar-refractivity contribution in [3.05, 3.63) is 29.8 Å². The van der Waals surface area contributed by atoms with Crippen LogP contribution in [0.2, 0.25) is 0 Å². The minimum Gasteiger partial charge on any atom is -0.289 e. The number of rotatable bonds is 11. The topological polar surface area (TPSA) is 116 Å². The second kappa shape index (κ2) is 11.7. The summed E-state index contributed by atoms with van der Waals surface area (Å²) in [5.41, 5.74) is 4.04. The third-order valence-electron chi connectivity index (χ3n) is 3.90. The highest BCUT2D eigenvalue weighted by atomic mass is 32.2. The third-order valence-corrected chi connectivity index (χ3v) is 5.61. The Morgan fingerprint density at radius 3 is 2.32 bits per heavy atom. The van der Waals surface area contributed by atoms with Crippen molar-refractivity contribution in [2.45, 2.75) is 62.0 Å². The van der Waals surface area contributed by atoms with E-state index in [0.717, 1.165) is 31.2 Å². The summed E-state index contributed by atoms with van der Waals surface area (Å²) in [7, 11) is -1.57. The lowest BCUT2D eigenvalue weighted by Crippen LogP contribution is -2.35. The van der Waals surface area contributed by atoms with Gasteiger partial charge in [0.1, 0.15) is 5.25 Å². The fourth-order valence-electron chi connectivity index (χ4n) is 2.43. The standard InChI is InChI=1S/C17H26N2O5S/c1-2-3-4-5-6-15(17(21)19-23)25(24)14-10-7-13(8-11-14)9-12-16(20)18-22/h7-8,10-11,15,22-23H,2-6,9,12H2,1H3,(H,18,20)(H,19,21). The summed E-state index contributed by atoms with van der Waals surface area (Å²) in [5, 5.41) is 16.6. The summed E-state index contributed by atoms with van der Waals surface area (Å²) >= 11 is 0. The van der Waals surface area contributed by atoms with Gasteiger partial charge in [-0.2, -0.15) is 0 Å². The van der Waals surface area contributed by atoms with Crippen LogP contribution in [0.1, 0.15) is 51.0 Å². The van der Waals surface area contributed by atoms with Gasteiger partial charge >= 0.3 is 0 Å². The molecule has 0 aliphatic heterocycles. The summed E-state index contributed by atoms with van der Waals surface area (Å²) in [6.07, 6.45) is 4.87. The van der Waals surface area contributed by atoms with Crippen LogP contribution in [0.25, 0.3) is 0 Å². The van der Waals surface area contributed by atoms with Crippen molar-refractivity contribution in [2.75, 3.05) is 0 Å². The highest BCUT2D eigenvalue weighted by molar-refractivity contribution is 7.86. The molecule has 1 rings (SSSR count). The average Bonchev–Trinajstić information content (AvgIpc) is 2.65. The first-order valence-electron chi connectivity index (χ1n) is 8.39. The van der Waals surface area contributed by atoms with Crippen molar-refractivity contribution in [2.24, 2.45) is 0 Å². The minimum atomic E-state index is -1.57. The van der Waals surface area contributed by atoms with E-state index in [9.17, 15) is 13.8 Å². The molecule has 0 saturated heterocycles. The lowest BCUT2D eigenvalue weighted by molar-refractivity contribution is -0.129. The van der Waals surface area contributed by atoms with Gasteiger partial charge in [0, 0.05) is 11.3 Å². The van der Waals surface area contributed by atoms with Crippen LogP contribution in [-0.2, 0) is 26.8 Å².